The van der Waals surface area contributed by atoms with Gasteiger partial charge in [0.1, 0.15) is 0 Å². The zero-order chi connectivity index (χ0) is 8.67. The number of hydrogen-bond acceptors (Lipinski definition) is 1. The van der Waals surface area contributed by atoms with Gasteiger partial charge in [-0.25, -0.2) is 0 Å². The molecule has 1 aromatic rings. The van der Waals surface area contributed by atoms with Crippen LogP contribution < -0.4 is 0 Å². The quantitative estimate of drug-likeness (QED) is 0.630. The molecule has 1 nitrogen and oxygen atoms in total. The minimum absolute atomic E-state index is 0.763. The molecule has 1 saturated heterocycles. The lowest BCUT2D eigenvalue weighted by Crippen LogP contribution is -2.33. The summed E-state index contributed by atoms with van der Waals surface area (Å²) in [4.78, 5) is 2.64. The first-order valence-electron chi connectivity index (χ1n) is 5.27. The van der Waals surface area contributed by atoms with Crippen molar-refractivity contribution >= 4 is 0 Å². The van der Waals surface area contributed by atoms with E-state index in [2.05, 4.69) is 29.2 Å². The Bertz CT molecular complexity index is 313. The Morgan fingerprint density at radius 3 is 2.62 bits per heavy atom. The normalized spacial score (nSPS) is 26.9. The summed E-state index contributed by atoms with van der Waals surface area (Å²) in [5.41, 5.74) is 3.16. The molecule has 13 heavy (non-hydrogen) atoms. The summed E-state index contributed by atoms with van der Waals surface area (Å²) in [7, 11) is 0. The fraction of sp³-hybridized carbons (Fsp3) is 0.500. The molecule has 2 aliphatic rings. The first kappa shape index (κ1) is 7.57. The highest BCUT2D eigenvalue weighted by atomic mass is 15.2. The van der Waals surface area contributed by atoms with E-state index < -0.39 is 0 Å². The van der Waals surface area contributed by atoms with Gasteiger partial charge in [0.15, 0.2) is 0 Å². The highest BCUT2D eigenvalue weighted by molar-refractivity contribution is 5.39. The van der Waals surface area contributed by atoms with Gasteiger partial charge >= 0.3 is 0 Å². The molecule has 0 spiro atoms. The average molecular weight is 173 g/mol. The third kappa shape index (κ3) is 1.11. The third-order valence-corrected chi connectivity index (χ3v) is 3.41. The van der Waals surface area contributed by atoms with Crippen LogP contribution in [0.3, 0.4) is 0 Å². The highest BCUT2D eigenvalue weighted by Crippen LogP contribution is 2.38. The van der Waals surface area contributed by atoms with Gasteiger partial charge in [0, 0.05) is 6.04 Å². The lowest BCUT2D eigenvalue weighted by molar-refractivity contribution is 0.221. The van der Waals surface area contributed by atoms with Gasteiger partial charge in [0.05, 0.1) is 0 Å². The molecule has 1 heteroatoms. The SMILES string of the molecule is c1ccc2c(c1)C[C@H]2N1CCCC1. The molecule has 1 heterocycles. The predicted octanol–water partition coefficient (Wildman–Crippen LogP) is 2.38. The van der Waals surface area contributed by atoms with E-state index >= 15 is 0 Å². The second kappa shape index (κ2) is 2.85. The molecule has 1 aliphatic carbocycles. The average Bonchev–Trinajstić information content (AvgIpc) is 2.60. The van der Waals surface area contributed by atoms with Gasteiger partial charge in [0.2, 0.25) is 0 Å². The number of likely N-dealkylation sites (tertiary alicyclic amines) is 1. The van der Waals surface area contributed by atoms with Gasteiger partial charge in [-0.2, -0.15) is 0 Å². The summed E-state index contributed by atoms with van der Waals surface area (Å²) in [6, 6.07) is 9.64. The molecule has 0 saturated carbocycles. The predicted molar refractivity (Wildman–Crippen MR) is 53.7 cm³/mol. The summed E-state index contributed by atoms with van der Waals surface area (Å²) < 4.78 is 0. The third-order valence-electron chi connectivity index (χ3n) is 3.41. The zero-order valence-corrected chi connectivity index (χ0v) is 7.87. The van der Waals surface area contributed by atoms with Crippen LogP contribution in [0.2, 0.25) is 0 Å². The van der Waals surface area contributed by atoms with E-state index in [4.69, 9.17) is 0 Å². The van der Waals surface area contributed by atoms with Crippen LogP contribution in [-0.4, -0.2) is 18.0 Å². The minimum Gasteiger partial charge on any atom is -0.296 e. The van der Waals surface area contributed by atoms with Crippen molar-refractivity contribution in [2.75, 3.05) is 13.1 Å². The molecular formula is C12H15N. The van der Waals surface area contributed by atoms with E-state index in [0.717, 1.165) is 6.04 Å². The largest absolute Gasteiger partial charge is 0.296 e. The summed E-state index contributed by atoms with van der Waals surface area (Å²) in [5, 5.41) is 0. The minimum atomic E-state index is 0.763. The van der Waals surface area contributed by atoms with Crippen LogP contribution in [-0.2, 0) is 6.42 Å². The molecule has 1 aliphatic heterocycles. The summed E-state index contributed by atoms with van der Waals surface area (Å²) in [6.45, 7) is 2.64. The van der Waals surface area contributed by atoms with Crippen LogP contribution in [0.1, 0.15) is 30.0 Å². The first-order valence-corrected chi connectivity index (χ1v) is 5.27. The van der Waals surface area contributed by atoms with E-state index in [-0.39, 0.29) is 0 Å². The van der Waals surface area contributed by atoms with E-state index in [0.29, 0.717) is 0 Å². The van der Waals surface area contributed by atoms with Crippen molar-refractivity contribution in [2.24, 2.45) is 0 Å². The van der Waals surface area contributed by atoms with Crippen LogP contribution in [0.5, 0.6) is 0 Å². The standard InChI is InChI=1S/C12H15N/c1-2-6-11-10(5-1)9-12(11)13-7-3-4-8-13/h1-2,5-6,12H,3-4,7-9H2/t12-/m1/s1. The van der Waals surface area contributed by atoms with E-state index in [1.165, 1.54) is 32.4 Å². The molecule has 0 amide bonds. The Morgan fingerprint density at radius 2 is 1.85 bits per heavy atom. The van der Waals surface area contributed by atoms with Crippen molar-refractivity contribution in [1.82, 2.24) is 4.90 Å². The lowest BCUT2D eigenvalue weighted by atomic mass is 9.82. The zero-order valence-electron chi connectivity index (χ0n) is 7.87. The maximum Gasteiger partial charge on any atom is 0.0391 e. The molecule has 3 rings (SSSR count). The molecule has 0 N–H and O–H groups in total. The van der Waals surface area contributed by atoms with Crippen LogP contribution in [0, 0.1) is 0 Å². The number of hydrogen-bond donors (Lipinski definition) is 0. The lowest BCUT2D eigenvalue weighted by Gasteiger charge is -2.37. The van der Waals surface area contributed by atoms with E-state index in [9.17, 15) is 0 Å². The van der Waals surface area contributed by atoms with Gasteiger partial charge in [-0.05, 0) is 43.5 Å². The smallest absolute Gasteiger partial charge is 0.0391 e. The molecule has 0 radical (unpaired) electrons. The number of fused-ring (bicyclic) bond motifs is 1. The Morgan fingerprint density at radius 1 is 1.08 bits per heavy atom. The van der Waals surface area contributed by atoms with Gasteiger partial charge in [-0.1, -0.05) is 24.3 Å². The molecule has 0 bridgehead atoms. The Kier molecular flexibility index (Phi) is 1.66. The Hall–Kier alpha value is -0.820. The molecule has 0 unspecified atom stereocenters. The van der Waals surface area contributed by atoms with Gasteiger partial charge in [-0.15, -0.1) is 0 Å². The molecule has 1 atom stereocenters. The monoisotopic (exact) mass is 173 g/mol. The molecule has 1 fully saturated rings. The Balaban J connectivity index is 1.84. The number of nitrogens with zero attached hydrogens (tertiary/aromatic N) is 1. The number of rotatable bonds is 1. The van der Waals surface area contributed by atoms with Crippen LogP contribution in [0.15, 0.2) is 24.3 Å². The first-order chi connectivity index (χ1) is 6.45. The van der Waals surface area contributed by atoms with Crippen molar-refractivity contribution in [3.05, 3.63) is 35.4 Å². The maximum absolute atomic E-state index is 2.64. The van der Waals surface area contributed by atoms with Crippen molar-refractivity contribution in [3.63, 3.8) is 0 Å². The van der Waals surface area contributed by atoms with Crippen LogP contribution in [0.4, 0.5) is 0 Å². The van der Waals surface area contributed by atoms with Crippen molar-refractivity contribution in [3.8, 4) is 0 Å². The van der Waals surface area contributed by atoms with Crippen molar-refractivity contribution in [1.29, 1.82) is 0 Å². The van der Waals surface area contributed by atoms with E-state index in [1.54, 1.807) is 11.1 Å². The second-order valence-corrected chi connectivity index (χ2v) is 4.16. The van der Waals surface area contributed by atoms with Crippen molar-refractivity contribution in [2.45, 2.75) is 25.3 Å². The fourth-order valence-corrected chi connectivity index (χ4v) is 2.61. The summed E-state index contributed by atoms with van der Waals surface area (Å²) in [5.74, 6) is 0. The molecule has 68 valence electrons. The second-order valence-electron chi connectivity index (χ2n) is 4.16. The highest BCUT2D eigenvalue weighted by Gasteiger charge is 2.31. The van der Waals surface area contributed by atoms with Crippen molar-refractivity contribution < 1.29 is 0 Å². The van der Waals surface area contributed by atoms with Gasteiger partial charge in [0.25, 0.3) is 0 Å². The summed E-state index contributed by atoms with van der Waals surface area (Å²) in [6.07, 6.45) is 4.09. The number of benzene rings is 1. The van der Waals surface area contributed by atoms with Gasteiger partial charge < -0.3 is 0 Å². The molecular weight excluding hydrogens is 158 g/mol. The van der Waals surface area contributed by atoms with E-state index in [1.807, 2.05) is 0 Å². The van der Waals surface area contributed by atoms with Crippen LogP contribution >= 0.6 is 0 Å². The maximum atomic E-state index is 2.64. The van der Waals surface area contributed by atoms with Crippen LogP contribution in [0.25, 0.3) is 0 Å². The molecule has 0 aromatic heterocycles. The summed E-state index contributed by atoms with van der Waals surface area (Å²) >= 11 is 0. The topological polar surface area (TPSA) is 3.24 Å². The molecule has 1 aromatic carbocycles. The van der Waals surface area contributed by atoms with Gasteiger partial charge in [-0.3, -0.25) is 4.90 Å². The fourth-order valence-electron chi connectivity index (χ4n) is 2.61. The Labute approximate surface area is 79.4 Å².